The van der Waals surface area contributed by atoms with E-state index < -0.39 is 53.0 Å². The van der Waals surface area contributed by atoms with E-state index in [1.165, 1.54) is 17.4 Å². The van der Waals surface area contributed by atoms with Crippen molar-refractivity contribution in [3.63, 3.8) is 0 Å². The normalized spacial score (nSPS) is 37.1. The topological polar surface area (TPSA) is 55.4 Å². The molecule has 12 heteroatoms. The number of fused-ring (bicyclic) bond motifs is 1. The summed E-state index contributed by atoms with van der Waals surface area (Å²) < 4.78 is 49.0. The van der Waals surface area contributed by atoms with E-state index in [2.05, 4.69) is 0 Å². The molecule has 3 aliphatic rings. The number of hydrogen-bond acceptors (Lipinski definition) is 7. The van der Waals surface area contributed by atoms with Crippen LogP contribution in [0, 0.1) is 5.82 Å². The van der Waals surface area contributed by atoms with Gasteiger partial charge in [0.15, 0.2) is 18.9 Å². The molecule has 0 radical (unpaired) electrons. The fraction of sp³-hybridized carbons (Fsp3) is 0.765. The number of ether oxygens (including phenoxy) is 6. The molecule has 6 nitrogen and oxygen atoms in total. The molecule has 0 spiro atoms. The Hall–Kier alpha value is 0.550. The fourth-order valence-corrected chi connectivity index (χ4v) is 4.77. The minimum absolute atomic E-state index is 0.0708. The Labute approximate surface area is 191 Å². The lowest BCUT2D eigenvalue weighted by molar-refractivity contribution is -0.197. The van der Waals surface area contributed by atoms with E-state index in [0.29, 0.717) is 11.3 Å². The third-order valence-corrected chi connectivity index (χ3v) is 6.36. The summed E-state index contributed by atoms with van der Waals surface area (Å²) in [6.07, 6.45) is -3.28. The lowest BCUT2D eigenvalue weighted by atomic mass is 10.1. The Morgan fingerprint density at radius 1 is 1.03 bits per heavy atom. The van der Waals surface area contributed by atoms with Gasteiger partial charge in [0.25, 0.3) is 0 Å². The highest BCUT2D eigenvalue weighted by molar-refractivity contribution is 7.09. The molecule has 1 aromatic heterocycles. The summed E-state index contributed by atoms with van der Waals surface area (Å²) in [4.78, 5) is -0.763. The van der Waals surface area contributed by atoms with Gasteiger partial charge in [0, 0.05) is 12.8 Å². The van der Waals surface area contributed by atoms with Gasteiger partial charge >= 0.3 is 0 Å². The van der Waals surface area contributed by atoms with E-state index in [4.69, 9.17) is 74.8 Å². The Morgan fingerprint density at radius 2 is 1.79 bits per heavy atom. The molecule has 0 N–H and O–H groups in total. The Balaban J connectivity index is 1.43. The Morgan fingerprint density at radius 3 is 2.48 bits per heavy atom. The molecule has 0 bridgehead atoms. The zero-order chi connectivity index (χ0) is 20.5. The van der Waals surface area contributed by atoms with Gasteiger partial charge in [-0.1, -0.05) is 0 Å². The molecule has 3 fully saturated rings. The van der Waals surface area contributed by atoms with Gasteiger partial charge < -0.3 is 28.4 Å². The highest BCUT2D eigenvalue weighted by Gasteiger charge is 2.56. The molecule has 3 aliphatic heterocycles. The first-order valence-electron chi connectivity index (χ1n) is 9.04. The van der Waals surface area contributed by atoms with E-state index in [9.17, 15) is 4.39 Å². The van der Waals surface area contributed by atoms with Crippen LogP contribution in [0.1, 0.15) is 17.7 Å². The summed E-state index contributed by atoms with van der Waals surface area (Å²) in [7, 11) is 0. The van der Waals surface area contributed by atoms with Crippen LogP contribution in [0.3, 0.4) is 0 Å². The van der Waals surface area contributed by atoms with Crippen molar-refractivity contribution in [2.75, 3.05) is 6.61 Å². The van der Waals surface area contributed by atoms with Crippen molar-refractivity contribution in [2.24, 2.45) is 0 Å². The fourth-order valence-electron chi connectivity index (χ4n) is 3.52. The minimum atomic E-state index is -0.674. The first-order chi connectivity index (χ1) is 13.9. The highest BCUT2D eigenvalue weighted by atomic mass is 35.5. The monoisotopic (exact) mass is 510 g/mol. The summed E-state index contributed by atoms with van der Waals surface area (Å²) in [5, 5.41) is 1.67. The number of hydrogen-bond donors (Lipinski definition) is 0. The molecular weight excluding hydrogens is 493 g/mol. The maximum atomic E-state index is 13.8. The molecule has 1 aromatic rings. The van der Waals surface area contributed by atoms with Crippen molar-refractivity contribution in [3.8, 4) is 0 Å². The van der Waals surface area contributed by atoms with E-state index in [-0.39, 0.29) is 25.5 Å². The van der Waals surface area contributed by atoms with Crippen molar-refractivity contribution < 1.29 is 32.8 Å². The number of rotatable bonds is 8. The van der Waals surface area contributed by atoms with Crippen molar-refractivity contribution in [1.82, 2.24) is 0 Å². The third-order valence-electron chi connectivity index (χ3n) is 4.78. The summed E-state index contributed by atoms with van der Waals surface area (Å²) in [6.45, 7) is 0.346. The zero-order valence-electron chi connectivity index (χ0n) is 14.9. The minimum Gasteiger partial charge on any atom is -0.367 e. The third kappa shape index (κ3) is 5.49. The van der Waals surface area contributed by atoms with E-state index in [1.54, 1.807) is 5.38 Å². The average molecular weight is 512 g/mol. The zero-order valence-corrected chi connectivity index (χ0v) is 18.8. The standard InChI is InChI=1S/C17H19Cl4FO6S/c18-10(19)3-12-23-5-8(25-12)14-15(24-6-9-7(22)1-2-29-9)16-17(28-14)27-13(26-16)4-11(20)21/h1-2,8,10-17H,3-6H2/t8-,12?,13?,14-,15+,16-,17+/m1/s1. The molecule has 4 heterocycles. The molecule has 0 aliphatic carbocycles. The van der Waals surface area contributed by atoms with Gasteiger partial charge in [-0.15, -0.1) is 57.7 Å². The van der Waals surface area contributed by atoms with Crippen LogP contribution in [-0.2, 0) is 35.0 Å². The van der Waals surface area contributed by atoms with Gasteiger partial charge in [-0.2, -0.15) is 0 Å². The van der Waals surface area contributed by atoms with Crippen LogP contribution in [0.2, 0.25) is 0 Å². The summed E-state index contributed by atoms with van der Waals surface area (Å²) in [6, 6.07) is 1.40. The van der Waals surface area contributed by atoms with Crippen LogP contribution in [0.15, 0.2) is 11.4 Å². The second-order valence-corrected chi connectivity index (χ2v) is 10.3. The van der Waals surface area contributed by atoms with Crippen LogP contribution in [0.25, 0.3) is 0 Å². The van der Waals surface area contributed by atoms with Crippen LogP contribution in [0.5, 0.6) is 0 Å². The van der Waals surface area contributed by atoms with Crippen molar-refractivity contribution in [1.29, 1.82) is 0 Å². The van der Waals surface area contributed by atoms with Crippen molar-refractivity contribution in [2.45, 2.75) is 72.4 Å². The lowest BCUT2D eigenvalue weighted by Crippen LogP contribution is -2.43. The molecule has 29 heavy (non-hydrogen) atoms. The Kier molecular flexibility index (Phi) is 7.84. The van der Waals surface area contributed by atoms with Gasteiger partial charge in [-0.05, 0) is 11.4 Å². The quantitative estimate of drug-likeness (QED) is 0.483. The van der Waals surface area contributed by atoms with Gasteiger partial charge in [0.1, 0.15) is 39.9 Å². The highest BCUT2D eigenvalue weighted by Crippen LogP contribution is 2.40. The predicted octanol–water partition coefficient (Wildman–Crippen LogP) is 4.37. The second kappa shape index (κ2) is 10.0. The maximum Gasteiger partial charge on any atom is 0.190 e. The van der Waals surface area contributed by atoms with Crippen LogP contribution in [0.4, 0.5) is 4.39 Å². The van der Waals surface area contributed by atoms with Crippen molar-refractivity contribution >= 4 is 57.7 Å². The summed E-state index contributed by atoms with van der Waals surface area (Å²) >= 11 is 24.5. The van der Waals surface area contributed by atoms with Crippen molar-refractivity contribution in [3.05, 3.63) is 22.1 Å². The first-order valence-corrected chi connectivity index (χ1v) is 11.7. The molecule has 0 saturated carbocycles. The first kappa shape index (κ1) is 22.7. The number of thiophene rings is 1. The van der Waals surface area contributed by atoms with Gasteiger partial charge in [0.05, 0.1) is 18.1 Å². The molecular formula is C17H19Cl4FO6S. The SMILES string of the molecule is Fc1ccsc1CO[C@@H]1[C@H]2OC(CC(Cl)Cl)O[C@H]2O[C@@H]1[C@H]1COC(CC(Cl)Cl)O1. The van der Waals surface area contributed by atoms with Crippen LogP contribution >= 0.6 is 57.7 Å². The lowest BCUT2D eigenvalue weighted by Gasteiger charge is -2.26. The predicted molar refractivity (Wildman–Crippen MR) is 106 cm³/mol. The van der Waals surface area contributed by atoms with E-state index >= 15 is 0 Å². The summed E-state index contributed by atoms with van der Waals surface area (Å²) in [5.41, 5.74) is 0. The molecule has 0 amide bonds. The molecule has 2 unspecified atom stereocenters. The molecule has 4 rings (SSSR count). The van der Waals surface area contributed by atoms with Crippen LogP contribution in [-0.4, -0.2) is 59.6 Å². The van der Waals surface area contributed by atoms with E-state index in [0.717, 1.165) is 0 Å². The van der Waals surface area contributed by atoms with Crippen LogP contribution < -0.4 is 0 Å². The second-order valence-electron chi connectivity index (χ2n) is 6.79. The van der Waals surface area contributed by atoms with Gasteiger partial charge in [-0.25, -0.2) is 4.39 Å². The van der Waals surface area contributed by atoms with Gasteiger partial charge in [-0.3, -0.25) is 0 Å². The largest absolute Gasteiger partial charge is 0.367 e. The maximum absolute atomic E-state index is 13.8. The molecule has 7 atom stereocenters. The van der Waals surface area contributed by atoms with E-state index in [1.807, 2.05) is 0 Å². The molecule has 0 aromatic carbocycles. The molecule has 3 saturated heterocycles. The smallest absolute Gasteiger partial charge is 0.190 e. The average Bonchev–Trinajstić information content (AvgIpc) is 3.38. The summed E-state index contributed by atoms with van der Waals surface area (Å²) in [5.74, 6) is -0.314. The number of alkyl halides is 4. The molecule has 164 valence electrons. The Bertz CT molecular complexity index is 682. The number of halogens is 5. The van der Waals surface area contributed by atoms with Gasteiger partial charge in [0.2, 0.25) is 0 Å².